The fourth-order valence-corrected chi connectivity index (χ4v) is 3.15. The third-order valence-corrected chi connectivity index (χ3v) is 4.62. The summed E-state index contributed by atoms with van der Waals surface area (Å²) in [5.74, 6) is -2.68. The van der Waals surface area contributed by atoms with Gasteiger partial charge < -0.3 is 20.4 Å². The molecule has 1 atom stereocenters. The highest BCUT2D eigenvalue weighted by Gasteiger charge is 2.50. The van der Waals surface area contributed by atoms with E-state index in [1.807, 2.05) is 0 Å². The molecule has 7 nitrogen and oxygen atoms in total. The Morgan fingerprint density at radius 3 is 1.64 bits per heavy atom. The van der Waals surface area contributed by atoms with Gasteiger partial charge in [-0.05, 0) is 24.0 Å². The monoisotopic (exact) mass is 384 g/mol. The molecule has 0 aliphatic rings. The van der Waals surface area contributed by atoms with Gasteiger partial charge in [0, 0.05) is 14.1 Å². The molecule has 0 radical (unpaired) electrons. The predicted molar refractivity (Wildman–Crippen MR) is 104 cm³/mol. The van der Waals surface area contributed by atoms with E-state index in [0.717, 1.165) is 0 Å². The van der Waals surface area contributed by atoms with Gasteiger partial charge in [-0.15, -0.1) is 0 Å². The van der Waals surface area contributed by atoms with Crippen molar-refractivity contribution in [3.8, 4) is 0 Å². The number of carboxylic acid groups (broad SMARTS) is 2. The average Bonchev–Trinajstić information content (AvgIpc) is 2.66. The molecule has 2 aromatic carbocycles. The van der Waals surface area contributed by atoms with E-state index in [0.29, 0.717) is 11.1 Å². The number of hydrogen-bond donors (Lipinski definition) is 3. The molecule has 3 N–H and O–H groups in total. The van der Waals surface area contributed by atoms with Crippen molar-refractivity contribution < 1.29 is 24.6 Å². The minimum absolute atomic E-state index is 0.0528. The second-order valence-electron chi connectivity index (χ2n) is 6.90. The number of nitrogens with zero attached hydrogens (tertiary/aromatic N) is 1. The maximum Gasteiger partial charge on any atom is 0.327 e. The van der Waals surface area contributed by atoms with Gasteiger partial charge in [0.1, 0.15) is 11.5 Å². The van der Waals surface area contributed by atoms with Crippen LogP contribution in [0.15, 0.2) is 60.7 Å². The van der Waals surface area contributed by atoms with Crippen LogP contribution in [-0.4, -0.2) is 53.2 Å². The molecule has 0 fully saturated rings. The number of carboxylic acids is 2. The lowest BCUT2D eigenvalue weighted by Crippen LogP contribution is -2.59. The summed E-state index contributed by atoms with van der Waals surface area (Å²) < 4.78 is 0. The fourth-order valence-electron chi connectivity index (χ4n) is 3.15. The molecule has 0 aliphatic carbocycles. The topological polar surface area (TPSA) is 107 Å². The Morgan fingerprint density at radius 2 is 1.32 bits per heavy atom. The second kappa shape index (κ2) is 9.03. The fraction of sp³-hybridized carbons (Fsp3) is 0.286. The normalized spacial score (nSPS) is 12.1. The minimum atomic E-state index is -1.78. The van der Waals surface area contributed by atoms with Crippen LogP contribution in [0.1, 0.15) is 11.1 Å². The summed E-state index contributed by atoms with van der Waals surface area (Å²) in [6.45, 7) is 0. The highest BCUT2D eigenvalue weighted by molar-refractivity contribution is 5.90. The van der Waals surface area contributed by atoms with Gasteiger partial charge in [-0.3, -0.25) is 4.79 Å². The van der Waals surface area contributed by atoms with Crippen LogP contribution in [0.3, 0.4) is 0 Å². The lowest BCUT2D eigenvalue weighted by atomic mass is 9.70. The molecule has 0 saturated carbocycles. The molecule has 0 bridgehead atoms. The van der Waals surface area contributed by atoms with Gasteiger partial charge in [-0.2, -0.15) is 0 Å². The number of hydrogen-bond acceptors (Lipinski definition) is 3. The minimum Gasteiger partial charge on any atom is -0.481 e. The number of aliphatic carboxylic acids is 2. The summed E-state index contributed by atoms with van der Waals surface area (Å²) in [6.07, 6.45) is -0.106. The highest BCUT2D eigenvalue weighted by atomic mass is 16.4. The first-order valence-electron chi connectivity index (χ1n) is 8.78. The quantitative estimate of drug-likeness (QED) is 0.647. The largest absolute Gasteiger partial charge is 0.481 e. The molecular weight excluding hydrogens is 360 g/mol. The molecule has 2 aromatic rings. The summed E-state index contributed by atoms with van der Waals surface area (Å²) >= 11 is 0. The Bertz CT molecular complexity index is 780. The van der Waals surface area contributed by atoms with Crippen molar-refractivity contribution in [3.63, 3.8) is 0 Å². The Labute approximate surface area is 163 Å². The van der Waals surface area contributed by atoms with Crippen LogP contribution in [0.4, 0.5) is 4.79 Å². The Morgan fingerprint density at radius 1 is 0.893 bits per heavy atom. The maximum absolute atomic E-state index is 12.5. The zero-order valence-electron chi connectivity index (χ0n) is 15.8. The number of rotatable bonds is 8. The van der Waals surface area contributed by atoms with Crippen LogP contribution in [-0.2, 0) is 22.4 Å². The zero-order chi connectivity index (χ0) is 20.7. The van der Waals surface area contributed by atoms with E-state index in [-0.39, 0.29) is 12.8 Å². The molecule has 0 aromatic heterocycles. The number of amides is 2. The van der Waals surface area contributed by atoms with Gasteiger partial charge in [0.15, 0.2) is 0 Å². The van der Waals surface area contributed by atoms with E-state index in [1.165, 1.54) is 19.0 Å². The standard InChI is InChI=1S/C21H24N2O5/c1-23(2)20(28)22-17(18(24)25)21(19(26)27,13-15-9-5-3-6-10-15)14-16-11-7-4-8-12-16/h3-12,17H,13-14H2,1-2H3,(H,22,28)(H,24,25)(H,26,27)/t17-/m1/s1. The second-order valence-corrected chi connectivity index (χ2v) is 6.90. The lowest BCUT2D eigenvalue weighted by Gasteiger charge is -2.36. The molecule has 0 aliphatic heterocycles. The number of benzene rings is 2. The summed E-state index contributed by atoms with van der Waals surface area (Å²) in [4.78, 5) is 38.0. The molecule has 148 valence electrons. The van der Waals surface area contributed by atoms with E-state index >= 15 is 0 Å². The first kappa shape index (κ1) is 21.0. The molecular formula is C21H24N2O5. The molecule has 0 spiro atoms. The first-order chi connectivity index (χ1) is 13.3. The van der Waals surface area contributed by atoms with Gasteiger partial charge in [-0.1, -0.05) is 60.7 Å². The Kier molecular flexibility index (Phi) is 6.76. The van der Waals surface area contributed by atoms with E-state index in [2.05, 4.69) is 5.32 Å². The summed E-state index contributed by atoms with van der Waals surface area (Å²) in [7, 11) is 2.93. The predicted octanol–water partition coefficient (Wildman–Crippen LogP) is 2.27. The molecule has 0 unspecified atom stereocenters. The van der Waals surface area contributed by atoms with Crippen molar-refractivity contribution >= 4 is 18.0 Å². The molecule has 28 heavy (non-hydrogen) atoms. The van der Waals surface area contributed by atoms with Crippen molar-refractivity contribution in [1.29, 1.82) is 0 Å². The third kappa shape index (κ3) is 4.88. The van der Waals surface area contributed by atoms with Gasteiger partial charge >= 0.3 is 18.0 Å². The van der Waals surface area contributed by atoms with Crippen LogP contribution < -0.4 is 5.32 Å². The molecule has 0 saturated heterocycles. The highest BCUT2D eigenvalue weighted by Crippen LogP contribution is 2.33. The molecule has 0 heterocycles. The summed E-state index contributed by atoms with van der Waals surface area (Å²) in [5, 5.41) is 22.4. The van der Waals surface area contributed by atoms with Gasteiger partial charge in [-0.25, -0.2) is 9.59 Å². The number of carbonyl (C=O) groups is 3. The van der Waals surface area contributed by atoms with Crippen LogP contribution in [0.2, 0.25) is 0 Å². The van der Waals surface area contributed by atoms with Crippen molar-refractivity contribution in [2.45, 2.75) is 18.9 Å². The summed E-state index contributed by atoms with van der Waals surface area (Å²) in [6, 6.07) is 15.3. The van der Waals surface area contributed by atoms with E-state index < -0.39 is 29.4 Å². The van der Waals surface area contributed by atoms with E-state index in [9.17, 15) is 24.6 Å². The summed E-state index contributed by atoms with van der Waals surface area (Å²) in [5.41, 5.74) is -0.433. The van der Waals surface area contributed by atoms with E-state index in [4.69, 9.17) is 0 Å². The van der Waals surface area contributed by atoms with Crippen molar-refractivity contribution in [3.05, 3.63) is 71.8 Å². The Balaban J connectivity index is 2.57. The zero-order valence-corrected chi connectivity index (χ0v) is 15.8. The maximum atomic E-state index is 12.5. The number of carbonyl (C=O) groups excluding carboxylic acids is 1. The lowest BCUT2D eigenvalue weighted by molar-refractivity contribution is -0.158. The third-order valence-electron chi connectivity index (χ3n) is 4.62. The molecule has 2 amide bonds. The Hall–Kier alpha value is -3.35. The molecule has 2 rings (SSSR count). The van der Waals surface area contributed by atoms with Crippen molar-refractivity contribution in [2.75, 3.05) is 14.1 Å². The van der Waals surface area contributed by atoms with Gasteiger partial charge in [0.05, 0.1) is 0 Å². The van der Waals surface area contributed by atoms with Crippen LogP contribution in [0.25, 0.3) is 0 Å². The SMILES string of the molecule is CN(C)C(=O)N[C@H](C(=O)O)C(Cc1ccccc1)(Cc1ccccc1)C(=O)O. The van der Waals surface area contributed by atoms with Crippen LogP contribution >= 0.6 is 0 Å². The van der Waals surface area contributed by atoms with Crippen molar-refractivity contribution in [2.24, 2.45) is 5.41 Å². The number of nitrogens with one attached hydrogen (secondary N) is 1. The molecule has 7 heteroatoms. The van der Waals surface area contributed by atoms with Gasteiger partial charge in [0.25, 0.3) is 0 Å². The van der Waals surface area contributed by atoms with E-state index in [1.54, 1.807) is 60.7 Å². The van der Waals surface area contributed by atoms with Gasteiger partial charge in [0.2, 0.25) is 0 Å². The smallest absolute Gasteiger partial charge is 0.327 e. The number of urea groups is 1. The van der Waals surface area contributed by atoms with Crippen molar-refractivity contribution in [1.82, 2.24) is 10.2 Å². The first-order valence-corrected chi connectivity index (χ1v) is 8.78. The average molecular weight is 384 g/mol. The van der Waals surface area contributed by atoms with Crippen LogP contribution in [0, 0.1) is 5.41 Å². The van der Waals surface area contributed by atoms with Crippen LogP contribution in [0.5, 0.6) is 0 Å².